The summed E-state index contributed by atoms with van der Waals surface area (Å²) in [4.78, 5) is 16.9. The highest BCUT2D eigenvalue weighted by molar-refractivity contribution is 6.20. The van der Waals surface area contributed by atoms with Crippen molar-refractivity contribution in [1.29, 1.82) is 0 Å². The van der Waals surface area contributed by atoms with Crippen LogP contribution in [0.2, 0.25) is 0 Å². The van der Waals surface area contributed by atoms with Crippen LogP contribution < -0.4 is 5.32 Å². The van der Waals surface area contributed by atoms with Crippen molar-refractivity contribution in [3.05, 3.63) is 53.6 Å². The van der Waals surface area contributed by atoms with Crippen LogP contribution in [-0.4, -0.2) is 22.0 Å². The van der Waals surface area contributed by atoms with E-state index in [-0.39, 0.29) is 11.3 Å². The largest absolute Gasteiger partial charge is 0.350 e. The number of imidazole rings is 1. The van der Waals surface area contributed by atoms with Gasteiger partial charge >= 0.3 is 0 Å². The Bertz CT molecular complexity index is 897. The van der Waals surface area contributed by atoms with Crippen molar-refractivity contribution in [1.82, 2.24) is 14.9 Å². The molecule has 2 heterocycles. The lowest BCUT2D eigenvalue weighted by Crippen LogP contribution is -2.24. The molecule has 0 saturated heterocycles. The molecule has 4 rings (SSSR count). The van der Waals surface area contributed by atoms with Gasteiger partial charge in [0.1, 0.15) is 5.82 Å². The summed E-state index contributed by atoms with van der Waals surface area (Å²) in [5.41, 5.74) is 4.56. The Balaban J connectivity index is 1.92. The van der Waals surface area contributed by atoms with Gasteiger partial charge < -0.3 is 9.88 Å². The number of hydrogen-bond donors (Lipinski definition) is 1. The van der Waals surface area contributed by atoms with Crippen LogP contribution in [-0.2, 0) is 6.54 Å². The molecule has 4 nitrogen and oxygen atoms in total. The number of alkyl halides is 1. The van der Waals surface area contributed by atoms with Crippen molar-refractivity contribution in [3.63, 3.8) is 0 Å². The number of halogens is 1. The Morgan fingerprint density at radius 1 is 1.22 bits per heavy atom. The molecule has 1 N–H and O–H groups in total. The number of para-hydroxylation sites is 1. The molecular formula is C18H16ClN3O. The van der Waals surface area contributed by atoms with Crippen LogP contribution in [0.15, 0.2) is 42.5 Å². The number of rotatable bonds is 2. The Kier molecular flexibility index (Phi) is 3.34. The first kappa shape index (κ1) is 14.3. The van der Waals surface area contributed by atoms with Gasteiger partial charge in [-0.25, -0.2) is 4.98 Å². The minimum Gasteiger partial charge on any atom is -0.350 e. The van der Waals surface area contributed by atoms with E-state index in [1.165, 1.54) is 0 Å². The van der Waals surface area contributed by atoms with Gasteiger partial charge in [0.05, 0.1) is 22.0 Å². The first-order valence-electron chi connectivity index (χ1n) is 7.67. The molecule has 1 aromatic heterocycles. The molecule has 1 aliphatic rings. The third-order valence-electron chi connectivity index (χ3n) is 4.26. The lowest BCUT2D eigenvalue weighted by Gasteiger charge is -2.09. The Morgan fingerprint density at radius 2 is 2.00 bits per heavy atom. The molecule has 0 saturated carbocycles. The lowest BCUT2D eigenvalue weighted by atomic mass is 10.1. The summed E-state index contributed by atoms with van der Waals surface area (Å²) in [6, 6.07) is 13.8. The number of benzene rings is 2. The van der Waals surface area contributed by atoms with Gasteiger partial charge in [-0.2, -0.15) is 0 Å². The van der Waals surface area contributed by atoms with E-state index in [4.69, 9.17) is 16.6 Å². The molecule has 5 heteroatoms. The molecule has 2 aromatic carbocycles. The van der Waals surface area contributed by atoms with Crippen molar-refractivity contribution in [2.24, 2.45) is 0 Å². The highest BCUT2D eigenvalue weighted by Gasteiger charge is 2.21. The fourth-order valence-electron chi connectivity index (χ4n) is 3.08. The summed E-state index contributed by atoms with van der Waals surface area (Å²) in [5.74, 6) is 0.852. The van der Waals surface area contributed by atoms with E-state index in [1.807, 2.05) is 49.4 Å². The summed E-state index contributed by atoms with van der Waals surface area (Å²) >= 11 is 6.13. The molecule has 3 aromatic rings. The van der Waals surface area contributed by atoms with Crippen LogP contribution in [0.1, 0.15) is 28.2 Å². The van der Waals surface area contributed by atoms with Gasteiger partial charge in [-0.3, -0.25) is 4.79 Å². The molecule has 116 valence electrons. The van der Waals surface area contributed by atoms with E-state index >= 15 is 0 Å². The first-order chi connectivity index (χ1) is 11.1. The summed E-state index contributed by atoms with van der Waals surface area (Å²) in [7, 11) is 0. The maximum Gasteiger partial charge on any atom is 0.253 e. The quantitative estimate of drug-likeness (QED) is 0.729. The second kappa shape index (κ2) is 5.39. The zero-order valence-corrected chi connectivity index (χ0v) is 13.5. The molecule has 0 fully saturated rings. The fourth-order valence-corrected chi connectivity index (χ4v) is 3.23. The maximum absolute atomic E-state index is 12.2. The number of nitrogens with one attached hydrogen (secondary N) is 1. The maximum atomic E-state index is 12.2. The van der Waals surface area contributed by atoms with Gasteiger partial charge in [0.25, 0.3) is 5.91 Å². The third kappa shape index (κ3) is 2.30. The molecule has 1 unspecified atom stereocenters. The van der Waals surface area contributed by atoms with E-state index in [2.05, 4.69) is 9.88 Å². The Labute approximate surface area is 139 Å². The van der Waals surface area contributed by atoms with Crippen LogP contribution in [0.3, 0.4) is 0 Å². The minimum absolute atomic E-state index is 0.0154. The topological polar surface area (TPSA) is 46.9 Å². The van der Waals surface area contributed by atoms with Crippen LogP contribution in [0.25, 0.3) is 22.4 Å². The number of hydrogen-bond acceptors (Lipinski definition) is 2. The molecule has 1 aliphatic heterocycles. The molecule has 1 amide bonds. The van der Waals surface area contributed by atoms with E-state index in [0.717, 1.165) is 28.0 Å². The monoisotopic (exact) mass is 325 g/mol. The van der Waals surface area contributed by atoms with Gasteiger partial charge in [0, 0.05) is 18.7 Å². The van der Waals surface area contributed by atoms with Gasteiger partial charge in [0.15, 0.2) is 0 Å². The van der Waals surface area contributed by atoms with Crippen LogP contribution in [0, 0.1) is 0 Å². The molecular weight excluding hydrogens is 310 g/mol. The summed E-state index contributed by atoms with van der Waals surface area (Å²) in [5, 5.41) is 2.92. The van der Waals surface area contributed by atoms with E-state index < -0.39 is 0 Å². The number of carbonyl (C=O) groups is 1. The minimum atomic E-state index is -0.0351. The number of nitrogens with zero attached hydrogens (tertiary/aromatic N) is 2. The average Bonchev–Trinajstić information content (AvgIpc) is 2.84. The van der Waals surface area contributed by atoms with Gasteiger partial charge in [-0.15, -0.1) is 11.6 Å². The summed E-state index contributed by atoms with van der Waals surface area (Å²) in [6.07, 6.45) is 0. The second-order valence-corrected chi connectivity index (χ2v) is 6.41. The highest BCUT2D eigenvalue weighted by atomic mass is 35.5. The van der Waals surface area contributed by atoms with Gasteiger partial charge in [-0.1, -0.05) is 30.3 Å². The smallest absolute Gasteiger partial charge is 0.253 e. The number of aromatic nitrogens is 2. The van der Waals surface area contributed by atoms with E-state index in [0.29, 0.717) is 18.7 Å². The summed E-state index contributed by atoms with van der Waals surface area (Å²) < 4.78 is 2.13. The molecule has 0 aliphatic carbocycles. The van der Waals surface area contributed by atoms with Crippen molar-refractivity contribution in [3.8, 4) is 11.4 Å². The van der Waals surface area contributed by atoms with Gasteiger partial charge in [-0.05, 0) is 24.6 Å². The molecule has 0 radical (unpaired) electrons. The van der Waals surface area contributed by atoms with Crippen LogP contribution >= 0.6 is 11.6 Å². The van der Waals surface area contributed by atoms with Crippen molar-refractivity contribution in [2.75, 3.05) is 6.54 Å². The molecule has 0 spiro atoms. The predicted molar refractivity (Wildman–Crippen MR) is 91.8 cm³/mol. The lowest BCUT2D eigenvalue weighted by molar-refractivity contribution is 0.0956. The van der Waals surface area contributed by atoms with Crippen molar-refractivity contribution in [2.45, 2.75) is 18.8 Å². The van der Waals surface area contributed by atoms with E-state index in [9.17, 15) is 4.79 Å². The SMILES string of the molecule is CC(Cl)c1ccc(-c2nc3cccc4c3n2CCNC4=O)cc1. The zero-order valence-electron chi connectivity index (χ0n) is 12.7. The predicted octanol–water partition coefficient (Wildman–Crippen LogP) is 3.75. The molecule has 1 atom stereocenters. The summed E-state index contributed by atoms with van der Waals surface area (Å²) in [6.45, 7) is 3.27. The second-order valence-electron chi connectivity index (χ2n) is 5.75. The molecule has 23 heavy (non-hydrogen) atoms. The standard InChI is InChI=1S/C18H16ClN3O/c1-11(19)12-5-7-13(8-6-12)17-21-15-4-2-3-14-16(15)22(17)10-9-20-18(14)23/h2-8,11H,9-10H2,1H3,(H,20,23). The Hall–Kier alpha value is -2.33. The van der Waals surface area contributed by atoms with Crippen LogP contribution in [0.4, 0.5) is 0 Å². The third-order valence-corrected chi connectivity index (χ3v) is 4.51. The van der Waals surface area contributed by atoms with Crippen molar-refractivity contribution >= 4 is 28.5 Å². The van der Waals surface area contributed by atoms with Gasteiger partial charge in [0.2, 0.25) is 0 Å². The normalized spacial score (nSPS) is 15.3. The number of amides is 1. The Morgan fingerprint density at radius 3 is 2.74 bits per heavy atom. The zero-order chi connectivity index (χ0) is 16.0. The average molecular weight is 326 g/mol. The van der Waals surface area contributed by atoms with Crippen molar-refractivity contribution < 1.29 is 4.79 Å². The van der Waals surface area contributed by atoms with E-state index in [1.54, 1.807) is 0 Å². The highest BCUT2D eigenvalue weighted by Crippen LogP contribution is 2.29. The fraction of sp³-hybridized carbons (Fsp3) is 0.222. The number of carbonyl (C=O) groups excluding carboxylic acids is 1. The first-order valence-corrected chi connectivity index (χ1v) is 8.10. The molecule has 0 bridgehead atoms. The van der Waals surface area contributed by atoms with Crippen LogP contribution in [0.5, 0.6) is 0 Å².